The molecule has 1 aliphatic rings. The van der Waals surface area contributed by atoms with Crippen molar-refractivity contribution in [3.8, 4) is 0 Å². The van der Waals surface area contributed by atoms with Gasteiger partial charge in [-0.3, -0.25) is 9.59 Å². The Kier molecular flexibility index (Phi) is 2.64. The van der Waals surface area contributed by atoms with E-state index in [2.05, 4.69) is 0 Å². The molecule has 1 fully saturated rings. The van der Waals surface area contributed by atoms with Crippen molar-refractivity contribution in [2.45, 2.75) is 19.4 Å². The van der Waals surface area contributed by atoms with E-state index in [1.165, 1.54) is 0 Å². The summed E-state index contributed by atoms with van der Waals surface area (Å²) in [5, 5.41) is 8.92. The number of nitrogens with zero attached hydrogens (tertiary/aromatic N) is 1. The minimum Gasteiger partial charge on any atom is -0.481 e. The van der Waals surface area contributed by atoms with Crippen molar-refractivity contribution in [2.75, 3.05) is 4.90 Å². The fourth-order valence-corrected chi connectivity index (χ4v) is 2.11. The van der Waals surface area contributed by atoms with Gasteiger partial charge in [0.2, 0.25) is 5.91 Å². The molecule has 0 radical (unpaired) electrons. The van der Waals surface area contributed by atoms with Gasteiger partial charge in [0, 0.05) is 11.7 Å². The highest BCUT2D eigenvalue weighted by atomic mass is 16.4. The van der Waals surface area contributed by atoms with E-state index < -0.39 is 11.9 Å². The number of carboxylic acids is 1. The Labute approximate surface area is 93.5 Å². The second-order valence-corrected chi connectivity index (χ2v) is 4.02. The van der Waals surface area contributed by atoms with Gasteiger partial charge in [-0.2, -0.15) is 0 Å². The van der Waals surface area contributed by atoms with E-state index in [0.717, 1.165) is 5.69 Å². The topological polar surface area (TPSA) is 57.6 Å². The highest BCUT2D eigenvalue weighted by Gasteiger charge is 2.42. The fraction of sp³-hybridized carbons (Fsp3) is 0.333. The van der Waals surface area contributed by atoms with Gasteiger partial charge in [0.25, 0.3) is 0 Å². The zero-order valence-corrected chi connectivity index (χ0v) is 8.96. The maximum atomic E-state index is 11.9. The van der Waals surface area contributed by atoms with Crippen LogP contribution in [0.25, 0.3) is 0 Å². The molecule has 1 aromatic rings. The fourth-order valence-electron chi connectivity index (χ4n) is 2.11. The molecular formula is C12H13NO3. The van der Waals surface area contributed by atoms with E-state index in [9.17, 15) is 9.59 Å². The molecule has 1 saturated heterocycles. The first-order chi connectivity index (χ1) is 7.61. The summed E-state index contributed by atoms with van der Waals surface area (Å²) in [6, 6.07) is 9.11. The molecule has 1 N–H and O–H groups in total. The monoisotopic (exact) mass is 219 g/mol. The zero-order valence-electron chi connectivity index (χ0n) is 8.96. The minimum atomic E-state index is -1.03. The average molecular weight is 219 g/mol. The molecule has 16 heavy (non-hydrogen) atoms. The summed E-state index contributed by atoms with van der Waals surface area (Å²) in [6.45, 7) is 1.87. The van der Waals surface area contributed by atoms with Crippen LogP contribution >= 0.6 is 0 Å². The van der Waals surface area contributed by atoms with Crippen molar-refractivity contribution < 1.29 is 14.7 Å². The summed E-state index contributed by atoms with van der Waals surface area (Å²) in [6.07, 6.45) is 0.378. The van der Waals surface area contributed by atoms with Crippen molar-refractivity contribution >= 4 is 17.6 Å². The molecule has 0 aliphatic carbocycles. The number of rotatable bonds is 2. The highest BCUT2D eigenvalue weighted by Crippen LogP contribution is 2.30. The molecule has 1 aromatic carbocycles. The normalized spacial score (nSPS) is 24.8. The lowest BCUT2D eigenvalue weighted by Gasteiger charge is -2.21. The second-order valence-electron chi connectivity index (χ2n) is 4.02. The number of para-hydroxylation sites is 1. The molecule has 1 amide bonds. The first kappa shape index (κ1) is 10.7. The predicted molar refractivity (Wildman–Crippen MR) is 59.1 cm³/mol. The van der Waals surface area contributed by atoms with Crippen LogP contribution in [-0.4, -0.2) is 23.0 Å². The summed E-state index contributed by atoms with van der Waals surface area (Å²) in [5.41, 5.74) is 0.767. The molecule has 2 atom stereocenters. The number of carbonyl (C=O) groups excluding carboxylic acids is 1. The Morgan fingerprint density at radius 3 is 2.50 bits per heavy atom. The SMILES string of the molecule is CC1CC(C(=O)O)C(=O)N1c1ccccc1. The minimum absolute atomic E-state index is 0.0593. The smallest absolute Gasteiger partial charge is 0.316 e. The Balaban J connectivity index is 2.30. The van der Waals surface area contributed by atoms with Crippen molar-refractivity contribution in [3.63, 3.8) is 0 Å². The number of amides is 1. The molecule has 4 heteroatoms. The number of aliphatic carboxylic acids is 1. The van der Waals surface area contributed by atoms with Gasteiger partial charge in [-0.25, -0.2) is 0 Å². The van der Waals surface area contributed by atoms with E-state index in [0.29, 0.717) is 6.42 Å². The van der Waals surface area contributed by atoms with Crippen molar-refractivity contribution in [2.24, 2.45) is 5.92 Å². The van der Waals surface area contributed by atoms with Gasteiger partial charge in [-0.05, 0) is 25.5 Å². The molecule has 0 spiro atoms. The van der Waals surface area contributed by atoms with Crippen LogP contribution in [0, 0.1) is 5.92 Å². The maximum absolute atomic E-state index is 11.9. The van der Waals surface area contributed by atoms with Crippen LogP contribution in [0.4, 0.5) is 5.69 Å². The second kappa shape index (κ2) is 3.96. The van der Waals surface area contributed by atoms with Crippen LogP contribution in [0.15, 0.2) is 30.3 Å². The Morgan fingerprint density at radius 1 is 1.38 bits per heavy atom. The molecule has 1 heterocycles. The summed E-state index contributed by atoms with van der Waals surface area (Å²) in [7, 11) is 0. The van der Waals surface area contributed by atoms with Crippen LogP contribution in [0.2, 0.25) is 0 Å². The van der Waals surface area contributed by atoms with Crippen LogP contribution in [0.3, 0.4) is 0 Å². The third-order valence-electron chi connectivity index (χ3n) is 2.89. The third kappa shape index (κ3) is 1.66. The van der Waals surface area contributed by atoms with E-state index in [-0.39, 0.29) is 11.9 Å². The van der Waals surface area contributed by atoms with Gasteiger partial charge in [0.1, 0.15) is 5.92 Å². The number of anilines is 1. The summed E-state index contributed by atoms with van der Waals surface area (Å²) in [5.74, 6) is -2.24. The van der Waals surface area contributed by atoms with Gasteiger partial charge < -0.3 is 10.0 Å². The van der Waals surface area contributed by atoms with E-state index in [1.807, 2.05) is 37.3 Å². The quantitative estimate of drug-likeness (QED) is 0.767. The molecule has 2 rings (SSSR count). The standard InChI is InChI=1S/C12H13NO3/c1-8-7-10(12(15)16)11(14)13(8)9-5-3-2-4-6-9/h2-6,8,10H,7H2,1H3,(H,15,16). The van der Waals surface area contributed by atoms with Crippen LogP contribution < -0.4 is 4.90 Å². The van der Waals surface area contributed by atoms with Crippen molar-refractivity contribution in [1.29, 1.82) is 0 Å². The van der Waals surface area contributed by atoms with Gasteiger partial charge in [-0.1, -0.05) is 18.2 Å². The summed E-state index contributed by atoms with van der Waals surface area (Å²) in [4.78, 5) is 24.4. The Bertz CT molecular complexity index is 416. The number of hydrogen-bond acceptors (Lipinski definition) is 2. The highest BCUT2D eigenvalue weighted by molar-refractivity contribution is 6.08. The van der Waals surface area contributed by atoms with Crippen molar-refractivity contribution in [1.82, 2.24) is 0 Å². The summed E-state index contributed by atoms with van der Waals surface area (Å²) >= 11 is 0. The lowest BCUT2D eigenvalue weighted by molar-refractivity contribution is -0.144. The molecule has 0 bridgehead atoms. The van der Waals surface area contributed by atoms with E-state index in [4.69, 9.17) is 5.11 Å². The first-order valence-corrected chi connectivity index (χ1v) is 5.22. The van der Waals surface area contributed by atoms with Crippen LogP contribution in [0.5, 0.6) is 0 Å². The Hall–Kier alpha value is -1.84. The van der Waals surface area contributed by atoms with Gasteiger partial charge in [0.15, 0.2) is 0 Å². The van der Waals surface area contributed by atoms with Gasteiger partial charge >= 0.3 is 5.97 Å². The van der Waals surface area contributed by atoms with Gasteiger partial charge in [0.05, 0.1) is 0 Å². The number of carboxylic acid groups (broad SMARTS) is 1. The Morgan fingerprint density at radius 2 is 2.00 bits per heavy atom. The molecule has 84 valence electrons. The average Bonchev–Trinajstić information content (AvgIpc) is 2.56. The summed E-state index contributed by atoms with van der Waals surface area (Å²) < 4.78 is 0. The predicted octanol–water partition coefficient (Wildman–Crippen LogP) is 1.51. The zero-order chi connectivity index (χ0) is 11.7. The van der Waals surface area contributed by atoms with E-state index >= 15 is 0 Å². The maximum Gasteiger partial charge on any atom is 0.316 e. The lowest BCUT2D eigenvalue weighted by Crippen LogP contribution is -2.33. The van der Waals surface area contributed by atoms with Crippen LogP contribution in [0.1, 0.15) is 13.3 Å². The largest absolute Gasteiger partial charge is 0.481 e. The van der Waals surface area contributed by atoms with Crippen molar-refractivity contribution in [3.05, 3.63) is 30.3 Å². The number of benzene rings is 1. The van der Waals surface area contributed by atoms with Gasteiger partial charge in [-0.15, -0.1) is 0 Å². The molecular weight excluding hydrogens is 206 g/mol. The van der Waals surface area contributed by atoms with Crippen LogP contribution in [-0.2, 0) is 9.59 Å². The molecule has 4 nitrogen and oxygen atoms in total. The number of carbonyl (C=O) groups is 2. The number of hydrogen-bond donors (Lipinski definition) is 1. The van der Waals surface area contributed by atoms with E-state index in [1.54, 1.807) is 4.90 Å². The molecule has 1 aliphatic heterocycles. The molecule has 0 saturated carbocycles. The first-order valence-electron chi connectivity index (χ1n) is 5.22. The molecule has 2 unspecified atom stereocenters. The lowest BCUT2D eigenvalue weighted by atomic mass is 10.1. The third-order valence-corrected chi connectivity index (χ3v) is 2.89. The molecule has 0 aromatic heterocycles.